The second-order valence-corrected chi connectivity index (χ2v) is 9.14. The Kier molecular flexibility index (Phi) is 7.07. The van der Waals surface area contributed by atoms with Crippen molar-refractivity contribution < 1.29 is 17.9 Å². The Hall–Kier alpha value is -2.49. The molecule has 0 atom stereocenters. The average Bonchev–Trinajstić information content (AvgIpc) is 2.78. The molecule has 0 bridgehead atoms. The summed E-state index contributed by atoms with van der Waals surface area (Å²) in [5, 5.41) is 1.67. The van der Waals surface area contributed by atoms with Crippen molar-refractivity contribution in [3.63, 3.8) is 0 Å². The third kappa shape index (κ3) is 6.05. The number of hydrogen-bond donors (Lipinski definition) is 0. The SMILES string of the molecule is CCCC1CCC(c2ccc(CCc3ccc4cc(OC(F)(F)F)ccc4c3)cc2)CC1. The number of rotatable bonds is 7. The minimum Gasteiger partial charge on any atom is -0.406 e. The van der Waals surface area contributed by atoms with Gasteiger partial charge in [-0.15, -0.1) is 13.2 Å². The molecule has 1 aliphatic rings. The van der Waals surface area contributed by atoms with E-state index in [1.54, 1.807) is 6.07 Å². The average molecular weight is 441 g/mol. The third-order valence-electron chi connectivity index (χ3n) is 6.81. The van der Waals surface area contributed by atoms with E-state index in [1.165, 1.54) is 67.3 Å². The van der Waals surface area contributed by atoms with E-state index in [0.29, 0.717) is 5.92 Å². The monoisotopic (exact) mass is 440 g/mol. The Morgan fingerprint density at radius 1 is 0.781 bits per heavy atom. The van der Waals surface area contributed by atoms with Gasteiger partial charge in [-0.05, 0) is 90.0 Å². The molecule has 0 radical (unpaired) electrons. The number of benzene rings is 3. The van der Waals surface area contributed by atoms with E-state index in [1.807, 2.05) is 12.1 Å². The molecule has 170 valence electrons. The van der Waals surface area contributed by atoms with Crippen molar-refractivity contribution in [2.45, 2.75) is 70.6 Å². The van der Waals surface area contributed by atoms with Crippen LogP contribution >= 0.6 is 0 Å². The summed E-state index contributed by atoms with van der Waals surface area (Å²) in [5.74, 6) is 1.46. The predicted molar refractivity (Wildman–Crippen MR) is 124 cm³/mol. The van der Waals surface area contributed by atoms with Crippen LogP contribution in [0.2, 0.25) is 0 Å². The lowest BCUT2D eigenvalue weighted by atomic mass is 9.77. The van der Waals surface area contributed by atoms with Crippen molar-refractivity contribution in [1.82, 2.24) is 0 Å². The van der Waals surface area contributed by atoms with Crippen LogP contribution in [0.25, 0.3) is 10.8 Å². The minimum absolute atomic E-state index is 0.184. The lowest BCUT2D eigenvalue weighted by Crippen LogP contribution is -2.16. The fourth-order valence-corrected chi connectivity index (χ4v) is 5.06. The Labute approximate surface area is 188 Å². The number of fused-ring (bicyclic) bond motifs is 1. The van der Waals surface area contributed by atoms with E-state index in [-0.39, 0.29) is 5.75 Å². The summed E-state index contributed by atoms with van der Waals surface area (Å²) < 4.78 is 41.3. The highest BCUT2D eigenvalue weighted by molar-refractivity contribution is 5.84. The van der Waals surface area contributed by atoms with Crippen molar-refractivity contribution in [3.8, 4) is 5.75 Å². The molecule has 0 N–H and O–H groups in total. The number of ether oxygens (including phenoxy) is 1. The second-order valence-electron chi connectivity index (χ2n) is 9.14. The molecule has 0 aromatic heterocycles. The van der Waals surface area contributed by atoms with Gasteiger partial charge in [-0.2, -0.15) is 0 Å². The van der Waals surface area contributed by atoms with Gasteiger partial charge in [0.1, 0.15) is 5.75 Å². The van der Waals surface area contributed by atoms with Crippen LogP contribution in [0, 0.1) is 5.92 Å². The maximum Gasteiger partial charge on any atom is 0.573 e. The zero-order valence-electron chi connectivity index (χ0n) is 18.6. The van der Waals surface area contributed by atoms with Gasteiger partial charge in [0.15, 0.2) is 0 Å². The summed E-state index contributed by atoms with van der Waals surface area (Å²) in [6, 6.07) is 19.5. The molecule has 4 rings (SSSR count). The zero-order valence-corrected chi connectivity index (χ0v) is 18.6. The fraction of sp³-hybridized carbons (Fsp3) is 0.429. The molecule has 3 aromatic carbocycles. The van der Waals surface area contributed by atoms with Crippen LogP contribution in [0.5, 0.6) is 5.75 Å². The highest BCUT2D eigenvalue weighted by atomic mass is 19.4. The quantitative estimate of drug-likeness (QED) is 0.357. The van der Waals surface area contributed by atoms with Crippen molar-refractivity contribution in [2.24, 2.45) is 5.92 Å². The summed E-state index contributed by atoms with van der Waals surface area (Å²) in [6.07, 6.45) is 5.23. The fourth-order valence-electron chi connectivity index (χ4n) is 5.06. The van der Waals surface area contributed by atoms with E-state index in [0.717, 1.165) is 29.5 Å². The molecule has 4 heteroatoms. The molecular weight excluding hydrogens is 409 g/mol. The molecule has 0 aliphatic heterocycles. The Bertz CT molecular complexity index is 1020. The van der Waals surface area contributed by atoms with Crippen LogP contribution in [0.3, 0.4) is 0 Å². The molecular formula is C28H31F3O. The van der Waals surface area contributed by atoms with Gasteiger partial charge in [0, 0.05) is 0 Å². The number of alkyl halides is 3. The lowest BCUT2D eigenvalue weighted by Gasteiger charge is -2.28. The van der Waals surface area contributed by atoms with Gasteiger partial charge in [0.2, 0.25) is 0 Å². The van der Waals surface area contributed by atoms with E-state index in [9.17, 15) is 13.2 Å². The standard InChI is InChI=1S/C28H31F3O/c1-2-3-20-6-11-23(12-7-20)24-13-8-21(9-14-24)4-5-22-10-15-26-19-27(32-28(29,30)31)17-16-25(26)18-22/h8-10,13-20,23H,2-7,11-12H2,1H3. The molecule has 0 saturated heterocycles. The first kappa shape index (κ1) is 22.7. The highest BCUT2D eigenvalue weighted by Gasteiger charge is 2.31. The second kappa shape index (κ2) is 9.97. The van der Waals surface area contributed by atoms with Crippen LogP contribution in [0.4, 0.5) is 13.2 Å². The van der Waals surface area contributed by atoms with Crippen LogP contribution in [0.15, 0.2) is 60.7 Å². The largest absolute Gasteiger partial charge is 0.573 e. The molecule has 3 aromatic rings. The van der Waals surface area contributed by atoms with Gasteiger partial charge in [0.25, 0.3) is 0 Å². The van der Waals surface area contributed by atoms with E-state index >= 15 is 0 Å². The van der Waals surface area contributed by atoms with Gasteiger partial charge in [-0.1, -0.05) is 68.3 Å². The maximum absolute atomic E-state index is 12.4. The number of halogens is 3. The first-order valence-electron chi connectivity index (χ1n) is 11.8. The summed E-state index contributed by atoms with van der Waals surface area (Å²) in [6.45, 7) is 2.28. The van der Waals surface area contributed by atoms with E-state index in [4.69, 9.17) is 0 Å². The zero-order chi connectivity index (χ0) is 22.6. The van der Waals surface area contributed by atoms with Crippen LogP contribution in [0.1, 0.15) is 68.1 Å². The van der Waals surface area contributed by atoms with Crippen LogP contribution < -0.4 is 4.74 Å². The molecule has 0 heterocycles. The molecule has 0 amide bonds. The maximum atomic E-state index is 12.4. The summed E-state index contributed by atoms with van der Waals surface area (Å²) >= 11 is 0. The normalized spacial score (nSPS) is 19.2. The van der Waals surface area contributed by atoms with Gasteiger partial charge >= 0.3 is 6.36 Å². The summed E-state index contributed by atoms with van der Waals surface area (Å²) in [5.41, 5.74) is 3.98. The molecule has 1 fully saturated rings. The van der Waals surface area contributed by atoms with E-state index < -0.39 is 6.36 Å². The molecule has 0 spiro atoms. The minimum atomic E-state index is -4.67. The number of aryl methyl sites for hydroxylation is 2. The van der Waals surface area contributed by atoms with E-state index in [2.05, 4.69) is 42.0 Å². The Morgan fingerprint density at radius 3 is 2.09 bits per heavy atom. The molecule has 0 unspecified atom stereocenters. The molecule has 32 heavy (non-hydrogen) atoms. The topological polar surface area (TPSA) is 9.23 Å². The first-order chi connectivity index (χ1) is 15.4. The van der Waals surface area contributed by atoms with Gasteiger partial charge < -0.3 is 4.74 Å². The smallest absolute Gasteiger partial charge is 0.406 e. The summed E-state index contributed by atoms with van der Waals surface area (Å²) in [7, 11) is 0. The van der Waals surface area contributed by atoms with Gasteiger partial charge in [0.05, 0.1) is 0 Å². The van der Waals surface area contributed by atoms with Crippen molar-refractivity contribution in [2.75, 3.05) is 0 Å². The first-order valence-corrected chi connectivity index (χ1v) is 11.8. The van der Waals surface area contributed by atoms with Gasteiger partial charge in [-0.3, -0.25) is 0 Å². The number of hydrogen-bond acceptors (Lipinski definition) is 1. The van der Waals surface area contributed by atoms with Crippen molar-refractivity contribution in [1.29, 1.82) is 0 Å². The Balaban J connectivity index is 1.33. The molecule has 1 aliphatic carbocycles. The van der Waals surface area contributed by atoms with Crippen molar-refractivity contribution >= 4 is 10.8 Å². The highest BCUT2D eigenvalue weighted by Crippen LogP contribution is 2.37. The molecule has 1 nitrogen and oxygen atoms in total. The van der Waals surface area contributed by atoms with Crippen LogP contribution in [-0.4, -0.2) is 6.36 Å². The molecule has 1 saturated carbocycles. The van der Waals surface area contributed by atoms with Crippen molar-refractivity contribution in [3.05, 3.63) is 77.4 Å². The lowest BCUT2D eigenvalue weighted by molar-refractivity contribution is -0.274. The predicted octanol–water partition coefficient (Wildman–Crippen LogP) is 8.60. The summed E-state index contributed by atoms with van der Waals surface area (Å²) in [4.78, 5) is 0. The third-order valence-corrected chi connectivity index (χ3v) is 6.81. The van der Waals surface area contributed by atoms with Gasteiger partial charge in [-0.25, -0.2) is 0 Å². The van der Waals surface area contributed by atoms with Crippen LogP contribution in [-0.2, 0) is 12.8 Å². The Morgan fingerprint density at radius 2 is 1.41 bits per heavy atom.